The van der Waals surface area contributed by atoms with Crippen LogP contribution in [0.3, 0.4) is 0 Å². The number of hydrogen-bond acceptors (Lipinski definition) is 7. The minimum atomic E-state index is -0.248. The van der Waals surface area contributed by atoms with Crippen LogP contribution in [0, 0.1) is 0 Å². The van der Waals surface area contributed by atoms with E-state index >= 15 is 0 Å². The van der Waals surface area contributed by atoms with Gasteiger partial charge in [-0.1, -0.05) is 101 Å². The molecule has 0 aromatic heterocycles. The van der Waals surface area contributed by atoms with Gasteiger partial charge in [0, 0.05) is 38.2 Å². The van der Waals surface area contributed by atoms with E-state index in [1.54, 1.807) is 4.90 Å². The minimum absolute atomic E-state index is 0.0137. The highest BCUT2D eigenvalue weighted by Crippen LogP contribution is 2.15. The molecule has 8 heteroatoms. The van der Waals surface area contributed by atoms with Crippen molar-refractivity contribution in [3.05, 3.63) is 36.5 Å². The number of amides is 1. The second kappa shape index (κ2) is 31.9. The van der Waals surface area contributed by atoms with Crippen molar-refractivity contribution < 1.29 is 23.9 Å². The first-order valence-corrected chi connectivity index (χ1v) is 18.7. The summed E-state index contributed by atoms with van der Waals surface area (Å²) < 4.78 is 11.2. The van der Waals surface area contributed by atoms with Gasteiger partial charge in [-0.25, -0.2) is 0 Å². The summed E-state index contributed by atoms with van der Waals surface area (Å²) in [5.41, 5.74) is 0. The van der Waals surface area contributed by atoms with Gasteiger partial charge >= 0.3 is 11.9 Å². The van der Waals surface area contributed by atoms with Gasteiger partial charge in [0.1, 0.15) is 12.7 Å². The Morgan fingerprint density at radius 1 is 0.644 bits per heavy atom. The smallest absolute Gasteiger partial charge is 0.306 e. The molecule has 0 aliphatic rings. The molecule has 0 unspecified atom stereocenters. The molecule has 0 rings (SSSR count). The highest BCUT2D eigenvalue weighted by molar-refractivity contribution is 8.13. The lowest BCUT2D eigenvalue weighted by molar-refractivity contribution is -0.149. The molecule has 1 amide bonds. The zero-order chi connectivity index (χ0) is 33.4. The van der Waals surface area contributed by atoms with Crippen LogP contribution in [0.1, 0.15) is 130 Å². The number of hydrogen-bond donors (Lipinski definition) is 0. The van der Waals surface area contributed by atoms with E-state index < -0.39 is 0 Å². The molecule has 0 fully saturated rings. The second-order valence-corrected chi connectivity index (χ2v) is 12.9. The van der Waals surface area contributed by atoms with Gasteiger partial charge in [0.15, 0.2) is 0 Å². The van der Waals surface area contributed by atoms with Crippen LogP contribution in [0.15, 0.2) is 36.5 Å². The number of unbranched alkanes of at least 4 members (excludes halogenated alkanes) is 6. The van der Waals surface area contributed by atoms with E-state index in [0.29, 0.717) is 38.3 Å². The van der Waals surface area contributed by atoms with E-state index in [0.717, 1.165) is 64.3 Å². The van der Waals surface area contributed by atoms with Gasteiger partial charge in [-0.2, -0.15) is 0 Å². The van der Waals surface area contributed by atoms with Gasteiger partial charge in [0.25, 0.3) is 5.24 Å². The summed E-state index contributed by atoms with van der Waals surface area (Å²) in [5, 5.41) is -0.0137. The Bertz CT molecular complexity index is 808. The van der Waals surface area contributed by atoms with Gasteiger partial charge in [-0.3, -0.25) is 14.4 Å². The fourth-order valence-corrected chi connectivity index (χ4v) is 5.49. The fourth-order valence-electron chi connectivity index (χ4n) is 4.49. The normalized spacial score (nSPS) is 11.9. The number of ether oxygens (including phenoxy) is 2. The van der Waals surface area contributed by atoms with E-state index in [4.69, 9.17) is 9.47 Å². The molecule has 0 N–H and O–H groups in total. The zero-order valence-corrected chi connectivity index (χ0v) is 30.3. The van der Waals surface area contributed by atoms with Crippen molar-refractivity contribution >= 4 is 28.9 Å². The summed E-state index contributed by atoms with van der Waals surface area (Å²) >= 11 is 1.29. The van der Waals surface area contributed by atoms with Crippen LogP contribution in [-0.2, 0) is 19.1 Å². The molecule has 0 spiro atoms. The van der Waals surface area contributed by atoms with Crippen LogP contribution in [0.5, 0.6) is 0 Å². The Kier molecular flexibility index (Phi) is 30.4. The van der Waals surface area contributed by atoms with Gasteiger partial charge < -0.3 is 19.3 Å². The maximum absolute atomic E-state index is 13.0. The van der Waals surface area contributed by atoms with Gasteiger partial charge in [0.2, 0.25) is 0 Å². The molecule has 0 saturated heterocycles. The van der Waals surface area contributed by atoms with Crippen molar-refractivity contribution in [2.24, 2.45) is 0 Å². The summed E-state index contributed by atoms with van der Waals surface area (Å²) in [7, 11) is 3.97. The van der Waals surface area contributed by atoms with E-state index in [1.807, 2.05) is 25.1 Å². The first kappa shape index (κ1) is 42.9. The molecular formula is C37H66N2O5S. The number of carbonyl (C=O) groups excluding carboxylic acids is 3. The van der Waals surface area contributed by atoms with Crippen molar-refractivity contribution in [1.82, 2.24) is 9.80 Å². The lowest BCUT2D eigenvalue weighted by Gasteiger charge is -2.23. The lowest BCUT2D eigenvalue weighted by Crippen LogP contribution is -2.31. The first-order valence-electron chi connectivity index (χ1n) is 17.7. The molecule has 260 valence electrons. The largest absolute Gasteiger partial charge is 0.462 e. The third-order valence-corrected chi connectivity index (χ3v) is 8.12. The van der Waals surface area contributed by atoms with Crippen molar-refractivity contribution in [3.8, 4) is 0 Å². The molecule has 0 atom stereocenters. The summed E-state index contributed by atoms with van der Waals surface area (Å²) in [6, 6.07) is 0. The third-order valence-electron chi connectivity index (χ3n) is 7.22. The molecule has 0 saturated carbocycles. The summed E-state index contributed by atoms with van der Waals surface area (Å²) in [6.45, 7) is 8.55. The summed E-state index contributed by atoms with van der Waals surface area (Å²) in [5.74, 6) is 0.241. The molecule has 0 aliphatic heterocycles. The first-order chi connectivity index (χ1) is 21.8. The van der Waals surface area contributed by atoms with Crippen molar-refractivity contribution in [1.29, 1.82) is 0 Å². The number of esters is 2. The summed E-state index contributed by atoms with van der Waals surface area (Å²) in [6.07, 6.45) is 28.0. The fraction of sp³-hybridized carbons (Fsp3) is 0.757. The standard InChI is InChI=1S/C37H66N2O5S/c1-6-9-12-15-16-19-22-32-43-35(40)27-23-29-39(37(42)45-33-31-38(4)5)30-24-28-36(41)44-34(25-20-17-13-10-7-2)26-21-18-14-11-8-3/h13-14,17-19,22,34H,6-12,15-16,20-21,23-33H2,1-5H3/b17-13+,18-14+,22-19-. The van der Waals surface area contributed by atoms with Crippen LogP contribution in [0.2, 0.25) is 0 Å². The maximum Gasteiger partial charge on any atom is 0.306 e. The summed E-state index contributed by atoms with van der Waals surface area (Å²) in [4.78, 5) is 41.8. The minimum Gasteiger partial charge on any atom is -0.462 e. The Labute approximate surface area is 280 Å². The maximum atomic E-state index is 13.0. The van der Waals surface area contributed by atoms with Crippen LogP contribution < -0.4 is 0 Å². The molecule has 7 nitrogen and oxygen atoms in total. The highest BCUT2D eigenvalue weighted by Gasteiger charge is 2.17. The zero-order valence-electron chi connectivity index (χ0n) is 29.4. The quantitative estimate of drug-likeness (QED) is 0.0453. The average molecular weight is 651 g/mol. The SMILES string of the molecule is CCC/C=C/CCC(CC/C=C/CCC)OC(=O)CCCN(CCCC(=O)OC/C=C\CCCCCC)C(=O)SCCN(C)C. The Morgan fingerprint density at radius 2 is 1.22 bits per heavy atom. The Balaban J connectivity index is 4.79. The number of rotatable bonds is 29. The average Bonchev–Trinajstić information content (AvgIpc) is 3.00. The van der Waals surface area contributed by atoms with Crippen LogP contribution in [-0.4, -0.2) is 79.2 Å². The van der Waals surface area contributed by atoms with E-state index in [9.17, 15) is 14.4 Å². The molecular weight excluding hydrogens is 584 g/mol. The number of thioether (sulfide) groups is 1. The molecule has 0 bridgehead atoms. The monoisotopic (exact) mass is 650 g/mol. The predicted molar refractivity (Wildman–Crippen MR) is 192 cm³/mol. The van der Waals surface area contributed by atoms with Gasteiger partial charge in [-0.05, 0) is 78.3 Å². The van der Waals surface area contributed by atoms with E-state index in [2.05, 4.69) is 51.2 Å². The van der Waals surface area contributed by atoms with Crippen molar-refractivity contribution in [3.63, 3.8) is 0 Å². The number of carbonyl (C=O) groups is 3. The van der Waals surface area contributed by atoms with Crippen LogP contribution in [0.25, 0.3) is 0 Å². The van der Waals surface area contributed by atoms with E-state index in [1.165, 1.54) is 37.4 Å². The molecule has 45 heavy (non-hydrogen) atoms. The Morgan fingerprint density at radius 3 is 1.80 bits per heavy atom. The number of nitrogens with zero attached hydrogens (tertiary/aromatic N) is 2. The second-order valence-electron chi connectivity index (χ2n) is 11.9. The lowest BCUT2D eigenvalue weighted by atomic mass is 10.1. The van der Waals surface area contributed by atoms with Crippen molar-refractivity contribution in [2.75, 3.05) is 46.1 Å². The van der Waals surface area contributed by atoms with Crippen LogP contribution >= 0.6 is 11.8 Å². The van der Waals surface area contributed by atoms with Gasteiger partial charge in [-0.15, -0.1) is 0 Å². The van der Waals surface area contributed by atoms with Crippen LogP contribution in [0.4, 0.5) is 4.79 Å². The van der Waals surface area contributed by atoms with Gasteiger partial charge in [0.05, 0.1) is 0 Å². The Hall–Kier alpha value is -2.06. The van der Waals surface area contributed by atoms with E-state index in [-0.39, 0.29) is 36.1 Å². The molecule has 0 aliphatic carbocycles. The van der Waals surface area contributed by atoms with Crippen molar-refractivity contribution in [2.45, 2.75) is 136 Å². The third kappa shape index (κ3) is 29.1. The molecule has 0 aromatic carbocycles. The number of allylic oxidation sites excluding steroid dienone is 5. The molecule has 0 radical (unpaired) electrons. The topological polar surface area (TPSA) is 76.1 Å². The highest BCUT2D eigenvalue weighted by atomic mass is 32.2. The predicted octanol–water partition coefficient (Wildman–Crippen LogP) is 9.52. The molecule has 0 aromatic rings. The molecule has 0 heterocycles.